The van der Waals surface area contributed by atoms with Crippen LogP contribution < -0.4 is 5.56 Å². The minimum absolute atomic E-state index is 0.145. The molecule has 0 atom stereocenters. The van der Waals surface area contributed by atoms with Crippen LogP contribution in [-0.4, -0.2) is 40.6 Å². The molecule has 2 heterocycles. The Bertz CT molecular complexity index is 770. The maximum atomic E-state index is 12.8. The zero-order chi connectivity index (χ0) is 16.2. The summed E-state index contributed by atoms with van der Waals surface area (Å²) in [7, 11) is 1.87. The van der Waals surface area contributed by atoms with E-state index in [0.29, 0.717) is 24.7 Å². The van der Waals surface area contributed by atoms with Crippen LogP contribution in [0.2, 0.25) is 0 Å². The molecule has 0 saturated carbocycles. The van der Waals surface area contributed by atoms with Crippen molar-refractivity contribution in [2.45, 2.75) is 11.4 Å². The highest BCUT2D eigenvalue weighted by molar-refractivity contribution is 8.03. The van der Waals surface area contributed by atoms with Gasteiger partial charge in [0.15, 0.2) is 0 Å². The number of hydrogen-bond acceptors (Lipinski definition) is 5. The van der Waals surface area contributed by atoms with Crippen LogP contribution in [-0.2, 0) is 18.3 Å². The fraction of sp³-hybridized carbons (Fsp3) is 0.375. The third kappa shape index (κ3) is 3.20. The van der Waals surface area contributed by atoms with Crippen molar-refractivity contribution < 1.29 is 4.74 Å². The van der Waals surface area contributed by atoms with Gasteiger partial charge in [-0.05, 0) is 23.9 Å². The van der Waals surface area contributed by atoms with Gasteiger partial charge in [0, 0.05) is 26.7 Å². The third-order valence-electron chi connectivity index (χ3n) is 3.96. The number of nitrogens with zero attached hydrogens (tertiary/aromatic N) is 4. The van der Waals surface area contributed by atoms with Gasteiger partial charge in [0.25, 0.3) is 5.56 Å². The Balaban J connectivity index is 2.04. The third-order valence-corrected chi connectivity index (χ3v) is 4.67. The average Bonchev–Trinajstić information content (AvgIpc) is 2.81. The lowest BCUT2D eigenvalue weighted by Crippen LogP contribution is -2.36. The molecule has 0 unspecified atom stereocenters. The lowest BCUT2D eigenvalue weighted by atomic mass is 10.3. The van der Waals surface area contributed by atoms with Crippen molar-refractivity contribution in [3.63, 3.8) is 0 Å². The average molecular weight is 330 g/mol. The standard InChI is InChI=1S/C16H18N4O2S/c1-18-14(11-19-7-9-22-10-8-19)15(23-12-17)16(21)20(18)13-5-3-2-4-6-13/h2-6H,7-11H2,1H3. The summed E-state index contributed by atoms with van der Waals surface area (Å²) in [6.07, 6.45) is 0. The van der Waals surface area contributed by atoms with E-state index in [1.54, 1.807) is 4.68 Å². The summed E-state index contributed by atoms with van der Waals surface area (Å²) in [6, 6.07) is 9.49. The lowest BCUT2D eigenvalue weighted by Gasteiger charge is -2.26. The molecule has 1 fully saturated rings. The fourth-order valence-corrected chi connectivity index (χ4v) is 3.36. The number of thioether (sulfide) groups is 1. The molecule has 1 aromatic heterocycles. The first-order valence-corrected chi connectivity index (χ1v) is 8.26. The predicted octanol–water partition coefficient (Wildman–Crippen LogP) is 1.58. The molecule has 0 aliphatic carbocycles. The van der Waals surface area contributed by atoms with Gasteiger partial charge in [0.05, 0.1) is 24.6 Å². The molecule has 2 aromatic rings. The van der Waals surface area contributed by atoms with Gasteiger partial charge in [-0.3, -0.25) is 14.4 Å². The van der Waals surface area contributed by atoms with Crippen LogP contribution >= 0.6 is 11.8 Å². The van der Waals surface area contributed by atoms with Gasteiger partial charge in [0.2, 0.25) is 0 Å². The number of aromatic nitrogens is 2. The lowest BCUT2D eigenvalue weighted by molar-refractivity contribution is 0.0327. The summed E-state index contributed by atoms with van der Waals surface area (Å²) in [5, 5.41) is 11.1. The molecule has 23 heavy (non-hydrogen) atoms. The SMILES string of the molecule is Cn1c(CN2CCOCC2)c(SC#N)c(=O)n1-c1ccccc1. The van der Waals surface area contributed by atoms with Crippen molar-refractivity contribution in [1.29, 1.82) is 5.26 Å². The quantitative estimate of drug-likeness (QED) is 0.629. The molecule has 0 bridgehead atoms. The number of thiocyanates is 1. The molecule has 6 nitrogen and oxygen atoms in total. The minimum Gasteiger partial charge on any atom is -0.379 e. The Labute approximate surface area is 138 Å². The number of nitriles is 1. The van der Waals surface area contributed by atoms with E-state index in [1.165, 1.54) is 0 Å². The number of para-hydroxylation sites is 1. The molecule has 0 radical (unpaired) electrons. The first kappa shape index (κ1) is 15.9. The van der Waals surface area contributed by atoms with Crippen molar-refractivity contribution >= 4 is 11.8 Å². The normalized spacial score (nSPS) is 15.5. The number of hydrogen-bond donors (Lipinski definition) is 0. The van der Waals surface area contributed by atoms with Crippen LogP contribution in [0.4, 0.5) is 0 Å². The molecule has 0 amide bonds. The van der Waals surface area contributed by atoms with E-state index in [9.17, 15) is 4.79 Å². The second-order valence-corrected chi connectivity index (χ2v) is 6.13. The van der Waals surface area contributed by atoms with E-state index in [0.717, 1.165) is 36.2 Å². The Hall–Kier alpha value is -2.01. The second-order valence-electron chi connectivity index (χ2n) is 5.33. The van der Waals surface area contributed by atoms with Crippen molar-refractivity contribution in [1.82, 2.24) is 14.3 Å². The van der Waals surface area contributed by atoms with Crippen LogP contribution in [0.15, 0.2) is 40.0 Å². The maximum Gasteiger partial charge on any atom is 0.286 e. The molecular weight excluding hydrogens is 312 g/mol. The van der Waals surface area contributed by atoms with Crippen LogP contribution in [0.3, 0.4) is 0 Å². The molecule has 1 saturated heterocycles. The highest BCUT2D eigenvalue weighted by Crippen LogP contribution is 2.22. The highest BCUT2D eigenvalue weighted by atomic mass is 32.2. The van der Waals surface area contributed by atoms with Gasteiger partial charge in [-0.15, -0.1) is 0 Å². The summed E-state index contributed by atoms with van der Waals surface area (Å²) < 4.78 is 8.85. The number of ether oxygens (including phenoxy) is 1. The van der Waals surface area contributed by atoms with E-state index >= 15 is 0 Å². The van der Waals surface area contributed by atoms with Gasteiger partial charge in [-0.25, -0.2) is 4.68 Å². The molecule has 1 aliphatic rings. The van der Waals surface area contributed by atoms with Gasteiger partial charge >= 0.3 is 0 Å². The van der Waals surface area contributed by atoms with Crippen molar-refractivity contribution in [2.75, 3.05) is 26.3 Å². The van der Waals surface area contributed by atoms with Crippen LogP contribution in [0.25, 0.3) is 5.69 Å². The second kappa shape index (κ2) is 7.04. The smallest absolute Gasteiger partial charge is 0.286 e. The molecule has 0 spiro atoms. The first-order valence-electron chi connectivity index (χ1n) is 7.44. The maximum absolute atomic E-state index is 12.8. The molecule has 120 valence electrons. The van der Waals surface area contributed by atoms with Crippen LogP contribution in [0.5, 0.6) is 0 Å². The van der Waals surface area contributed by atoms with E-state index < -0.39 is 0 Å². The minimum atomic E-state index is -0.145. The molecule has 1 aromatic carbocycles. The van der Waals surface area contributed by atoms with E-state index in [4.69, 9.17) is 10.00 Å². The zero-order valence-electron chi connectivity index (χ0n) is 12.9. The topological polar surface area (TPSA) is 63.2 Å². The molecular formula is C16H18N4O2S. The largest absolute Gasteiger partial charge is 0.379 e. The Morgan fingerprint density at radius 2 is 1.96 bits per heavy atom. The summed E-state index contributed by atoms with van der Waals surface area (Å²) in [5.41, 5.74) is 1.52. The van der Waals surface area contributed by atoms with Gasteiger partial charge < -0.3 is 4.74 Å². The van der Waals surface area contributed by atoms with Crippen molar-refractivity contribution in [3.05, 3.63) is 46.4 Å². The monoisotopic (exact) mass is 330 g/mol. The van der Waals surface area contributed by atoms with Crippen molar-refractivity contribution in [3.8, 4) is 11.1 Å². The predicted molar refractivity (Wildman–Crippen MR) is 88.6 cm³/mol. The van der Waals surface area contributed by atoms with Gasteiger partial charge in [0.1, 0.15) is 10.3 Å². The summed E-state index contributed by atoms with van der Waals surface area (Å²) in [4.78, 5) is 15.5. The zero-order valence-corrected chi connectivity index (χ0v) is 13.8. The van der Waals surface area contributed by atoms with E-state index in [2.05, 4.69) is 4.90 Å². The van der Waals surface area contributed by atoms with Gasteiger partial charge in [-0.1, -0.05) is 18.2 Å². The Morgan fingerprint density at radius 1 is 1.26 bits per heavy atom. The number of morpholine rings is 1. The summed E-state index contributed by atoms with van der Waals surface area (Å²) in [6.45, 7) is 3.71. The van der Waals surface area contributed by atoms with Crippen LogP contribution in [0.1, 0.15) is 5.69 Å². The van der Waals surface area contributed by atoms with Gasteiger partial charge in [-0.2, -0.15) is 5.26 Å². The number of rotatable bonds is 4. The fourth-order valence-electron chi connectivity index (χ4n) is 2.78. The highest BCUT2D eigenvalue weighted by Gasteiger charge is 2.22. The first-order chi connectivity index (χ1) is 11.2. The van der Waals surface area contributed by atoms with Crippen LogP contribution in [0, 0.1) is 10.7 Å². The molecule has 0 N–H and O–H groups in total. The molecule has 3 rings (SSSR count). The van der Waals surface area contributed by atoms with Crippen molar-refractivity contribution in [2.24, 2.45) is 7.05 Å². The Kier molecular flexibility index (Phi) is 4.86. The Morgan fingerprint density at radius 3 is 2.61 bits per heavy atom. The number of benzene rings is 1. The summed E-state index contributed by atoms with van der Waals surface area (Å²) >= 11 is 0.940. The molecule has 7 heteroatoms. The van der Waals surface area contributed by atoms with E-state index in [1.807, 2.05) is 47.5 Å². The van der Waals surface area contributed by atoms with E-state index in [-0.39, 0.29) is 5.56 Å². The summed E-state index contributed by atoms with van der Waals surface area (Å²) in [5.74, 6) is 0. The molecule has 1 aliphatic heterocycles.